The van der Waals surface area contributed by atoms with Crippen LogP contribution in [0, 0.1) is 0 Å². The van der Waals surface area contributed by atoms with E-state index >= 15 is 0 Å². The summed E-state index contributed by atoms with van der Waals surface area (Å²) in [6.45, 7) is 6.87. The minimum absolute atomic E-state index is 0.423. The Bertz CT molecular complexity index is 550. The number of aryl methyl sites for hydroxylation is 1. The predicted octanol–water partition coefficient (Wildman–Crippen LogP) is 2.91. The van der Waals surface area contributed by atoms with Crippen LogP contribution in [-0.2, 0) is 18.2 Å². The summed E-state index contributed by atoms with van der Waals surface area (Å²) in [6, 6.07) is 8.73. The van der Waals surface area contributed by atoms with Gasteiger partial charge in [0.15, 0.2) is 0 Å². The molecule has 21 heavy (non-hydrogen) atoms. The Morgan fingerprint density at radius 2 is 2.10 bits per heavy atom. The number of fused-ring (bicyclic) bond motifs is 1. The van der Waals surface area contributed by atoms with Crippen LogP contribution in [0.5, 0.6) is 0 Å². The van der Waals surface area contributed by atoms with Gasteiger partial charge in [-0.15, -0.1) is 0 Å². The van der Waals surface area contributed by atoms with Crippen LogP contribution in [0.2, 0.25) is 0 Å². The molecule has 1 N–H and O–H groups in total. The van der Waals surface area contributed by atoms with Crippen LogP contribution < -0.4 is 5.32 Å². The first-order valence-electron chi connectivity index (χ1n) is 7.97. The lowest BCUT2D eigenvalue weighted by Gasteiger charge is -2.18. The van der Waals surface area contributed by atoms with Crippen molar-refractivity contribution in [1.29, 1.82) is 0 Å². The van der Waals surface area contributed by atoms with E-state index in [-0.39, 0.29) is 0 Å². The second kappa shape index (κ2) is 8.15. The van der Waals surface area contributed by atoms with Crippen LogP contribution in [0.3, 0.4) is 0 Å². The van der Waals surface area contributed by atoms with E-state index < -0.39 is 0 Å². The van der Waals surface area contributed by atoms with Gasteiger partial charge < -0.3 is 14.6 Å². The second-order valence-corrected chi connectivity index (χ2v) is 5.42. The molecule has 1 unspecified atom stereocenters. The van der Waals surface area contributed by atoms with E-state index in [9.17, 15) is 0 Å². The zero-order valence-corrected chi connectivity index (χ0v) is 13.4. The highest BCUT2D eigenvalue weighted by Gasteiger charge is 2.14. The molecule has 1 aromatic heterocycles. The largest absolute Gasteiger partial charge is 0.382 e. The van der Waals surface area contributed by atoms with Crippen LogP contribution in [0.4, 0.5) is 0 Å². The third-order valence-electron chi connectivity index (χ3n) is 3.81. The molecule has 2 rings (SSSR count). The molecule has 0 aliphatic rings. The third kappa shape index (κ3) is 4.29. The number of benzene rings is 1. The van der Waals surface area contributed by atoms with Gasteiger partial charge in [0.25, 0.3) is 0 Å². The fraction of sp³-hybridized carbons (Fsp3) is 0.588. The van der Waals surface area contributed by atoms with Crippen LogP contribution in [-0.4, -0.2) is 35.4 Å². The number of nitrogens with one attached hydrogen (secondary N) is 1. The molecule has 4 nitrogen and oxygen atoms in total. The molecule has 0 fully saturated rings. The topological polar surface area (TPSA) is 39.1 Å². The van der Waals surface area contributed by atoms with Gasteiger partial charge in [-0.05, 0) is 38.4 Å². The van der Waals surface area contributed by atoms with Crippen LogP contribution >= 0.6 is 0 Å². The van der Waals surface area contributed by atoms with Gasteiger partial charge in [-0.2, -0.15) is 0 Å². The maximum absolute atomic E-state index is 5.50. The average Bonchev–Trinajstić information content (AvgIpc) is 2.81. The minimum atomic E-state index is 0.423. The first kappa shape index (κ1) is 16.0. The maximum Gasteiger partial charge on any atom is 0.111 e. The SMILES string of the molecule is CCCNC(CCOCC)Cc1nc2ccccc2n1C. The zero-order chi connectivity index (χ0) is 15.1. The van der Waals surface area contributed by atoms with Gasteiger partial charge in [0.05, 0.1) is 11.0 Å². The molecule has 1 aromatic carbocycles. The molecule has 0 aliphatic heterocycles. The van der Waals surface area contributed by atoms with Crippen LogP contribution in [0.1, 0.15) is 32.5 Å². The van der Waals surface area contributed by atoms with Crippen molar-refractivity contribution in [2.75, 3.05) is 19.8 Å². The summed E-state index contributed by atoms with van der Waals surface area (Å²) in [5.41, 5.74) is 2.28. The molecule has 0 aliphatic carbocycles. The molecule has 0 bridgehead atoms. The van der Waals surface area contributed by atoms with Crippen LogP contribution in [0.15, 0.2) is 24.3 Å². The number of rotatable bonds is 9. The van der Waals surface area contributed by atoms with Gasteiger partial charge in [0.1, 0.15) is 5.82 Å². The number of nitrogens with zero attached hydrogens (tertiary/aromatic N) is 2. The van der Waals surface area contributed by atoms with Crippen molar-refractivity contribution in [2.45, 2.75) is 39.2 Å². The lowest BCUT2D eigenvalue weighted by Crippen LogP contribution is -2.33. The van der Waals surface area contributed by atoms with E-state index in [0.29, 0.717) is 6.04 Å². The summed E-state index contributed by atoms with van der Waals surface area (Å²) >= 11 is 0. The molecule has 1 atom stereocenters. The van der Waals surface area contributed by atoms with Crippen molar-refractivity contribution in [3.63, 3.8) is 0 Å². The number of hydrogen-bond acceptors (Lipinski definition) is 3. The molecular formula is C17H27N3O. The lowest BCUT2D eigenvalue weighted by atomic mass is 10.1. The van der Waals surface area contributed by atoms with E-state index in [1.54, 1.807) is 0 Å². The number of aromatic nitrogens is 2. The van der Waals surface area contributed by atoms with Crippen molar-refractivity contribution in [3.05, 3.63) is 30.1 Å². The molecule has 0 amide bonds. The van der Waals surface area contributed by atoms with E-state index in [4.69, 9.17) is 9.72 Å². The average molecular weight is 289 g/mol. The molecule has 4 heteroatoms. The Labute approximate surface area is 127 Å². The quantitative estimate of drug-likeness (QED) is 0.721. The first-order chi connectivity index (χ1) is 10.3. The molecule has 2 aromatic rings. The highest BCUT2D eigenvalue weighted by atomic mass is 16.5. The van der Waals surface area contributed by atoms with Gasteiger partial charge in [-0.1, -0.05) is 19.1 Å². The van der Waals surface area contributed by atoms with Crippen molar-refractivity contribution >= 4 is 11.0 Å². The lowest BCUT2D eigenvalue weighted by molar-refractivity contribution is 0.136. The molecule has 0 saturated heterocycles. The zero-order valence-electron chi connectivity index (χ0n) is 13.4. The Balaban J connectivity index is 2.07. The normalized spacial score (nSPS) is 12.9. The Hall–Kier alpha value is -1.39. The van der Waals surface area contributed by atoms with Gasteiger partial charge in [-0.3, -0.25) is 0 Å². The Morgan fingerprint density at radius 1 is 1.29 bits per heavy atom. The summed E-state index contributed by atoms with van der Waals surface area (Å²) in [5, 5.41) is 3.62. The van der Waals surface area contributed by atoms with Crippen molar-refractivity contribution in [1.82, 2.24) is 14.9 Å². The fourth-order valence-corrected chi connectivity index (χ4v) is 2.59. The minimum Gasteiger partial charge on any atom is -0.382 e. The summed E-state index contributed by atoms with van der Waals surface area (Å²) < 4.78 is 7.71. The summed E-state index contributed by atoms with van der Waals surface area (Å²) in [5.74, 6) is 1.14. The molecule has 116 valence electrons. The van der Waals surface area contributed by atoms with Crippen molar-refractivity contribution < 1.29 is 4.74 Å². The van der Waals surface area contributed by atoms with E-state index in [0.717, 1.165) is 50.4 Å². The Morgan fingerprint density at radius 3 is 2.81 bits per heavy atom. The van der Waals surface area contributed by atoms with E-state index in [2.05, 4.69) is 42.1 Å². The Kier molecular flexibility index (Phi) is 6.21. The van der Waals surface area contributed by atoms with Crippen LogP contribution in [0.25, 0.3) is 11.0 Å². The van der Waals surface area contributed by atoms with E-state index in [1.807, 2.05) is 13.0 Å². The number of hydrogen-bond donors (Lipinski definition) is 1. The van der Waals surface area contributed by atoms with Gasteiger partial charge in [0.2, 0.25) is 0 Å². The monoisotopic (exact) mass is 289 g/mol. The van der Waals surface area contributed by atoms with Crippen molar-refractivity contribution in [2.24, 2.45) is 7.05 Å². The van der Waals surface area contributed by atoms with Gasteiger partial charge in [0, 0.05) is 32.7 Å². The molecule has 0 saturated carbocycles. The van der Waals surface area contributed by atoms with Crippen molar-refractivity contribution in [3.8, 4) is 0 Å². The highest BCUT2D eigenvalue weighted by Crippen LogP contribution is 2.16. The summed E-state index contributed by atoms with van der Waals surface area (Å²) in [6.07, 6.45) is 3.11. The summed E-state index contributed by atoms with van der Waals surface area (Å²) in [4.78, 5) is 4.77. The standard InChI is InChI=1S/C17H27N3O/c1-4-11-18-14(10-12-21-5-2)13-17-19-15-8-6-7-9-16(15)20(17)3/h6-9,14,18H,4-5,10-13H2,1-3H3. The number of para-hydroxylation sites is 2. The summed E-state index contributed by atoms with van der Waals surface area (Å²) in [7, 11) is 2.10. The third-order valence-corrected chi connectivity index (χ3v) is 3.81. The predicted molar refractivity (Wildman–Crippen MR) is 87.6 cm³/mol. The smallest absolute Gasteiger partial charge is 0.111 e. The molecular weight excluding hydrogens is 262 g/mol. The molecule has 0 spiro atoms. The number of ether oxygens (including phenoxy) is 1. The second-order valence-electron chi connectivity index (χ2n) is 5.42. The molecule has 0 radical (unpaired) electrons. The highest BCUT2D eigenvalue weighted by molar-refractivity contribution is 5.75. The first-order valence-corrected chi connectivity index (χ1v) is 7.97. The van der Waals surface area contributed by atoms with Gasteiger partial charge in [-0.25, -0.2) is 4.98 Å². The van der Waals surface area contributed by atoms with Gasteiger partial charge >= 0.3 is 0 Å². The maximum atomic E-state index is 5.50. The fourth-order valence-electron chi connectivity index (χ4n) is 2.59. The van der Waals surface area contributed by atoms with E-state index in [1.165, 1.54) is 5.52 Å². The number of imidazole rings is 1. The molecule has 1 heterocycles.